The topological polar surface area (TPSA) is 12.5 Å². The zero-order valence-corrected chi connectivity index (χ0v) is 11.4. The third-order valence-corrected chi connectivity index (χ3v) is 3.65. The van der Waals surface area contributed by atoms with Gasteiger partial charge in [-0.1, -0.05) is 28.1 Å². The first kappa shape index (κ1) is 12.4. The van der Waals surface area contributed by atoms with Crippen LogP contribution in [-0.2, 0) is 11.3 Å². The maximum Gasteiger partial charge on any atom is 0.0634 e. The van der Waals surface area contributed by atoms with E-state index in [2.05, 4.69) is 39.0 Å². The molecule has 0 saturated carbocycles. The summed E-state index contributed by atoms with van der Waals surface area (Å²) in [5.74, 6) is 0.633. The molecule has 0 amide bonds. The first-order valence-corrected chi connectivity index (χ1v) is 6.74. The maximum absolute atomic E-state index is 5.94. The Kier molecular flexibility index (Phi) is 4.65. The van der Waals surface area contributed by atoms with Gasteiger partial charge in [0.2, 0.25) is 0 Å². The zero-order valence-electron chi connectivity index (χ0n) is 9.03. The summed E-state index contributed by atoms with van der Waals surface area (Å²) in [4.78, 5) is 2.39. The molecule has 0 spiro atoms. The minimum Gasteiger partial charge on any atom is -0.378 e. The highest BCUT2D eigenvalue weighted by Crippen LogP contribution is 2.16. The summed E-state index contributed by atoms with van der Waals surface area (Å²) in [7, 11) is 0. The molecule has 1 saturated heterocycles. The van der Waals surface area contributed by atoms with E-state index >= 15 is 0 Å². The van der Waals surface area contributed by atoms with Crippen LogP contribution in [0, 0.1) is 0 Å². The third kappa shape index (κ3) is 3.20. The number of alkyl halides is 1. The summed E-state index contributed by atoms with van der Waals surface area (Å²) < 4.78 is 6.55. The summed E-state index contributed by atoms with van der Waals surface area (Å²) in [5, 5.41) is 0. The van der Waals surface area contributed by atoms with Crippen molar-refractivity contribution in [3.63, 3.8) is 0 Å². The molecule has 0 aromatic heterocycles. The Morgan fingerprint density at radius 3 is 3.12 bits per heavy atom. The lowest BCUT2D eigenvalue weighted by molar-refractivity contribution is -0.00304. The monoisotopic (exact) mass is 303 g/mol. The van der Waals surface area contributed by atoms with E-state index in [4.69, 9.17) is 16.3 Å². The van der Waals surface area contributed by atoms with Gasteiger partial charge in [-0.25, -0.2) is 0 Å². The van der Waals surface area contributed by atoms with Crippen molar-refractivity contribution in [2.75, 3.05) is 25.6 Å². The molecule has 1 atom stereocenters. The van der Waals surface area contributed by atoms with Crippen LogP contribution in [0.1, 0.15) is 5.56 Å². The van der Waals surface area contributed by atoms with Crippen LogP contribution in [0.4, 0.5) is 0 Å². The molecule has 1 aromatic carbocycles. The molecule has 0 N–H and O–H groups in total. The molecule has 0 bridgehead atoms. The van der Waals surface area contributed by atoms with Crippen LogP contribution in [0.2, 0.25) is 0 Å². The van der Waals surface area contributed by atoms with Gasteiger partial charge in [-0.05, 0) is 17.7 Å². The van der Waals surface area contributed by atoms with Crippen LogP contribution in [0.25, 0.3) is 0 Å². The van der Waals surface area contributed by atoms with Gasteiger partial charge in [0.05, 0.1) is 13.2 Å². The van der Waals surface area contributed by atoms with Gasteiger partial charge >= 0.3 is 0 Å². The van der Waals surface area contributed by atoms with Gasteiger partial charge < -0.3 is 4.74 Å². The maximum atomic E-state index is 5.94. The molecule has 1 unspecified atom stereocenters. The SMILES string of the molecule is ClCC1COCCN1Cc1cccc(Br)c1. The lowest BCUT2D eigenvalue weighted by Crippen LogP contribution is -2.45. The van der Waals surface area contributed by atoms with Crippen LogP contribution in [0.5, 0.6) is 0 Å². The largest absolute Gasteiger partial charge is 0.378 e. The Morgan fingerprint density at radius 2 is 2.38 bits per heavy atom. The Bertz CT molecular complexity index is 348. The van der Waals surface area contributed by atoms with Gasteiger partial charge in [-0.3, -0.25) is 4.90 Å². The molecular formula is C12H15BrClNO. The number of ether oxygens (including phenoxy) is 1. The summed E-state index contributed by atoms with van der Waals surface area (Å²) >= 11 is 9.43. The van der Waals surface area contributed by atoms with Gasteiger partial charge in [0.15, 0.2) is 0 Å². The number of morpholine rings is 1. The highest BCUT2D eigenvalue weighted by molar-refractivity contribution is 9.10. The third-order valence-electron chi connectivity index (χ3n) is 2.80. The van der Waals surface area contributed by atoms with E-state index in [1.807, 2.05) is 6.07 Å². The van der Waals surface area contributed by atoms with E-state index in [9.17, 15) is 0 Å². The van der Waals surface area contributed by atoms with Crippen LogP contribution < -0.4 is 0 Å². The molecule has 88 valence electrons. The molecule has 16 heavy (non-hydrogen) atoms. The fraction of sp³-hybridized carbons (Fsp3) is 0.500. The average molecular weight is 305 g/mol. The van der Waals surface area contributed by atoms with Crippen molar-refractivity contribution in [3.8, 4) is 0 Å². The van der Waals surface area contributed by atoms with Crippen LogP contribution in [0.15, 0.2) is 28.7 Å². The Labute approximate surface area is 110 Å². The number of hydrogen-bond donors (Lipinski definition) is 0. The van der Waals surface area contributed by atoms with Crippen LogP contribution in [-0.4, -0.2) is 36.6 Å². The fourth-order valence-corrected chi connectivity index (χ4v) is 2.64. The highest BCUT2D eigenvalue weighted by Gasteiger charge is 2.21. The van der Waals surface area contributed by atoms with Crippen LogP contribution in [0.3, 0.4) is 0 Å². The molecule has 0 radical (unpaired) electrons. The number of hydrogen-bond acceptors (Lipinski definition) is 2. The van der Waals surface area contributed by atoms with Crippen molar-refractivity contribution in [1.82, 2.24) is 4.90 Å². The lowest BCUT2D eigenvalue weighted by atomic mass is 10.1. The van der Waals surface area contributed by atoms with Gasteiger partial charge in [-0.2, -0.15) is 0 Å². The van der Waals surface area contributed by atoms with E-state index in [0.29, 0.717) is 11.9 Å². The average Bonchev–Trinajstić information content (AvgIpc) is 2.30. The van der Waals surface area contributed by atoms with Gasteiger partial charge in [0.1, 0.15) is 0 Å². The molecule has 1 aromatic rings. The summed E-state index contributed by atoms with van der Waals surface area (Å²) in [6.45, 7) is 3.46. The molecule has 4 heteroatoms. The molecular weight excluding hydrogens is 289 g/mol. The number of benzene rings is 1. The standard InChI is InChI=1S/C12H15BrClNO/c13-11-3-1-2-10(6-11)8-15-4-5-16-9-12(15)7-14/h1-3,6,12H,4-5,7-9H2. The quantitative estimate of drug-likeness (QED) is 0.796. The number of rotatable bonds is 3. The minimum atomic E-state index is 0.342. The molecule has 2 nitrogen and oxygen atoms in total. The molecule has 1 fully saturated rings. The minimum absolute atomic E-state index is 0.342. The second-order valence-corrected chi connectivity index (χ2v) is 5.21. The molecule has 1 aliphatic heterocycles. The molecule has 1 aliphatic rings. The zero-order chi connectivity index (χ0) is 11.4. The van der Waals surface area contributed by atoms with Gasteiger partial charge in [-0.15, -0.1) is 11.6 Å². The second-order valence-electron chi connectivity index (χ2n) is 3.98. The van der Waals surface area contributed by atoms with Gasteiger partial charge in [0.25, 0.3) is 0 Å². The normalized spacial score (nSPS) is 22.2. The highest BCUT2D eigenvalue weighted by atomic mass is 79.9. The smallest absolute Gasteiger partial charge is 0.0634 e. The van der Waals surface area contributed by atoms with Crippen molar-refractivity contribution in [2.24, 2.45) is 0 Å². The number of nitrogens with zero attached hydrogens (tertiary/aromatic N) is 1. The summed E-state index contributed by atoms with van der Waals surface area (Å²) in [5.41, 5.74) is 1.31. The number of halogens is 2. The van der Waals surface area contributed by atoms with Crippen molar-refractivity contribution >= 4 is 27.5 Å². The van der Waals surface area contributed by atoms with Crippen molar-refractivity contribution < 1.29 is 4.74 Å². The first-order valence-electron chi connectivity index (χ1n) is 5.42. The van der Waals surface area contributed by atoms with Crippen LogP contribution >= 0.6 is 27.5 Å². The van der Waals surface area contributed by atoms with E-state index in [1.54, 1.807) is 0 Å². The Hall–Kier alpha value is -0.0900. The Balaban J connectivity index is 2.02. The van der Waals surface area contributed by atoms with Crippen molar-refractivity contribution in [2.45, 2.75) is 12.6 Å². The lowest BCUT2D eigenvalue weighted by Gasteiger charge is -2.34. The van der Waals surface area contributed by atoms with Gasteiger partial charge in [0, 0.05) is 29.5 Å². The van der Waals surface area contributed by atoms with E-state index in [-0.39, 0.29) is 0 Å². The molecule has 1 heterocycles. The Morgan fingerprint density at radius 1 is 1.50 bits per heavy atom. The fourth-order valence-electron chi connectivity index (χ4n) is 1.91. The molecule has 0 aliphatic carbocycles. The van der Waals surface area contributed by atoms with E-state index in [0.717, 1.165) is 30.8 Å². The second kappa shape index (κ2) is 6.01. The van der Waals surface area contributed by atoms with Crippen molar-refractivity contribution in [3.05, 3.63) is 34.3 Å². The van der Waals surface area contributed by atoms with Crippen molar-refractivity contribution in [1.29, 1.82) is 0 Å². The molecule has 2 rings (SSSR count). The predicted octanol–water partition coefficient (Wildman–Crippen LogP) is 2.89. The van der Waals surface area contributed by atoms with E-state index in [1.165, 1.54) is 5.56 Å². The summed E-state index contributed by atoms with van der Waals surface area (Å²) in [6.07, 6.45) is 0. The first-order chi connectivity index (χ1) is 7.79. The predicted molar refractivity (Wildman–Crippen MR) is 69.9 cm³/mol. The van der Waals surface area contributed by atoms with E-state index < -0.39 is 0 Å². The summed E-state index contributed by atoms with van der Waals surface area (Å²) in [6, 6.07) is 8.75.